The molecule has 0 aromatic carbocycles. The molecule has 4 nitrogen and oxygen atoms in total. The predicted octanol–water partition coefficient (Wildman–Crippen LogP) is 8.94. The molecule has 0 fully saturated rings. The fourth-order valence-corrected chi connectivity index (χ4v) is 3.40. The number of unbranched alkanes of at least 4 members (excludes halogenated alkanes) is 14. The molecule has 0 rings (SSSR count). The van der Waals surface area contributed by atoms with Gasteiger partial charge < -0.3 is 9.47 Å². The van der Waals surface area contributed by atoms with Gasteiger partial charge in [-0.3, -0.25) is 9.59 Å². The van der Waals surface area contributed by atoms with Gasteiger partial charge in [-0.25, -0.2) is 0 Å². The Morgan fingerprint density at radius 2 is 0.688 bits per heavy atom. The van der Waals surface area contributed by atoms with Gasteiger partial charge in [0.25, 0.3) is 0 Å². The van der Waals surface area contributed by atoms with Crippen molar-refractivity contribution in [3.8, 4) is 0 Å². The van der Waals surface area contributed by atoms with Crippen molar-refractivity contribution in [1.29, 1.82) is 0 Å². The minimum Gasteiger partial charge on any atom is -0.466 e. The van der Waals surface area contributed by atoms with Crippen LogP contribution < -0.4 is 0 Å². The third-order valence-electron chi connectivity index (χ3n) is 5.43. The largest absolute Gasteiger partial charge is 0.466 e. The zero-order chi connectivity index (χ0) is 24.1. The van der Waals surface area contributed by atoms with Crippen LogP contribution in [0.15, 0.2) is 0 Å². The molecule has 0 amide bonds. The summed E-state index contributed by atoms with van der Waals surface area (Å²) in [5.74, 6) is -0.0732. The molecule has 0 N–H and O–H groups in total. The number of ether oxygens (including phenoxy) is 2. The van der Waals surface area contributed by atoms with Crippen LogP contribution in [-0.2, 0) is 19.1 Å². The highest BCUT2D eigenvalue weighted by Gasteiger charge is 2.00. The van der Waals surface area contributed by atoms with E-state index in [0.717, 1.165) is 25.7 Å². The van der Waals surface area contributed by atoms with E-state index in [1.165, 1.54) is 89.9 Å². The minimum absolute atomic E-state index is 0.0366. The summed E-state index contributed by atoms with van der Waals surface area (Å²) in [6.45, 7) is 9.71. The van der Waals surface area contributed by atoms with E-state index in [1.807, 2.05) is 13.8 Å². The average molecular weight is 457 g/mol. The summed E-state index contributed by atoms with van der Waals surface area (Å²) in [4.78, 5) is 22.1. The van der Waals surface area contributed by atoms with E-state index in [0.29, 0.717) is 26.1 Å². The molecule has 0 unspecified atom stereocenters. The van der Waals surface area contributed by atoms with Gasteiger partial charge in [-0.05, 0) is 25.7 Å². The van der Waals surface area contributed by atoms with Crippen LogP contribution in [0.2, 0.25) is 0 Å². The maximum Gasteiger partial charge on any atom is 0.305 e. The summed E-state index contributed by atoms with van der Waals surface area (Å²) in [6.07, 6.45) is 23.5. The van der Waals surface area contributed by atoms with Gasteiger partial charge in [0.1, 0.15) is 0 Å². The van der Waals surface area contributed by atoms with Crippen LogP contribution in [0.25, 0.3) is 0 Å². The molecule has 4 heteroatoms. The molecule has 0 aromatic heterocycles. The first-order valence-corrected chi connectivity index (χ1v) is 13.9. The second kappa shape index (κ2) is 29.9. The summed E-state index contributed by atoms with van der Waals surface area (Å²) in [7, 11) is 0. The van der Waals surface area contributed by atoms with E-state index in [9.17, 15) is 9.59 Å². The Morgan fingerprint density at radius 1 is 0.406 bits per heavy atom. The summed E-state index contributed by atoms with van der Waals surface area (Å²) in [5.41, 5.74) is 0. The van der Waals surface area contributed by atoms with Gasteiger partial charge in [0, 0.05) is 12.8 Å². The Balaban J connectivity index is 0. The normalized spacial score (nSPS) is 10.4. The zero-order valence-electron chi connectivity index (χ0n) is 22.2. The standard InChI is InChI=1S/2C14H28O2/c2*1-3-5-6-7-8-9-10-11-13-16-14(15)12-4-2/h2*3-13H2,1-2H3. The van der Waals surface area contributed by atoms with Gasteiger partial charge in [-0.15, -0.1) is 0 Å². The Bertz CT molecular complexity index is 346. The Morgan fingerprint density at radius 3 is 0.969 bits per heavy atom. The first-order chi connectivity index (χ1) is 15.6. The van der Waals surface area contributed by atoms with Crippen LogP contribution in [0.5, 0.6) is 0 Å². The first kappa shape index (κ1) is 33.1. The Labute approximate surface area is 200 Å². The van der Waals surface area contributed by atoms with E-state index >= 15 is 0 Å². The highest BCUT2D eigenvalue weighted by atomic mass is 16.5. The van der Waals surface area contributed by atoms with Crippen molar-refractivity contribution in [2.45, 2.75) is 156 Å². The number of rotatable bonds is 22. The summed E-state index contributed by atoms with van der Waals surface area (Å²) >= 11 is 0. The van der Waals surface area contributed by atoms with Crippen LogP contribution >= 0.6 is 0 Å². The molecule has 0 radical (unpaired) electrons. The van der Waals surface area contributed by atoms with E-state index in [1.54, 1.807) is 0 Å². The lowest BCUT2D eigenvalue weighted by Gasteiger charge is -2.04. The maximum absolute atomic E-state index is 11.0. The lowest BCUT2D eigenvalue weighted by Crippen LogP contribution is -2.04. The number of hydrogen-bond acceptors (Lipinski definition) is 4. The average Bonchev–Trinajstić information content (AvgIpc) is 2.78. The van der Waals surface area contributed by atoms with Crippen LogP contribution in [-0.4, -0.2) is 25.2 Å². The lowest BCUT2D eigenvalue weighted by molar-refractivity contribution is -0.144. The lowest BCUT2D eigenvalue weighted by atomic mass is 10.1. The second-order valence-electron chi connectivity index (χ2n) is 8.89. The van der Waals surface area contributed by atoms with Crippen molar-refractivity contribution in [3.05, 3.63) is 0 Å². The molecule has 0 aliphatic rings. The van der Waals surface area contributed by atoms with Crippen molar-refractivity contribution in [2.75, 3.05) is 13.2 Å². The predicted molar refractivity (Wildman–Crippen MR) is 137 cm³/mol. The summed E-state index contributed by atoms with van der Waals surface area (Å²) in [6, 6.07) is 0. The van der Waals surface area contributed by atoms with E-state index in [-0.39, 0.29) is 11.9 Å². The van der Waals surface area contributed by atoms with Crippen molar-refractivity contribution in [3.63, 3.8) is 0 Å². The number of carbonyl (C=O) groups is 2. The molecule has 0 aliphatic heterocycles. The Hall–Kier alpha value is -1.06. The van der Waals surface area contributed by atoms with E-state index in [4.69, 9.17) is 9.47 Å². The zero-order valence-corrected chi connectivity index (χ0v) is 22.2. The van der Waals surface area contributed by atoms with Gasteiger partial charge in [0.15, 0.2) is 0 Å². The number of hydrogen-bond donors (Lipinski definition) is 0. The molecule has 32 heavy (non-hydrogen) atoms. The van der Waals surface area contributed by atoms with Crippen molar-refractivity contribution in [1.82, 2.24) is 0 Å². The molecule has 0 atom stereocenters. The summed E-state index contributed by atoms with van der Waals surface area (Å²) in [5, 5.41) is 0. The topological polar surface area (TPSA) is 52.6 Å². The van der Waals surface area contributed by atoms with Crippen LogP contribution in [0.1, 0.15) is 156 Å². The van der Waals surface area contributed by atoms with Crippen molar-refractivity contribution < 1.29 is 19.1 Å². The third-order valence-corrected chi connectivity index (χ3v) is 5.43. The van der Waals surface area contributed by atoms with E-state index in [2.05, 4.69) is 13.8 Å². The molecule has 0 aliphatic carbocycles. The molecule has 0 bridgehead atoms. The number of carbonyl (C=O) groups excluding carboxylic acids is 2. The SMILES string of the molecule is CCCCCCCCCCOC(=O)CCC.CCCCCCCCCCOC(=O)CCC. The molecule has 0 spiro atoms. The van der Waals surface area contributed by atoms with Gasteiger partial charge in [0.2, 0.25) is 0 Å². The fourth-order valence-electron chi connectivity index (χ4n) is 3.40. The monoisotopic (exact) mass is 456 g/mol. The quantitative estimate of drug-likeness (QED) is 0.120. The molecule has 0 aromatic rings. The highest BCUT2D eigenvalue weighted by Crippen LogP contribution is 2.09. The van der Waals surface area contributed by atoms with Gasteiger partial charge >= 0.3 is 11.9 Å². The van der Waals surface area contributed by atoms with Crippen molar-refractivity contribution >= 4 is 11.9 Å². The highest BCUT2D eigenvalue weighted by molar-refractivity contribution is 5.69. The molecule has 192 valence electrons. The van der Waals surface area contributed by atoms with Gasteiger partial charge in [-0.1, -0.05) is 118 Å². The second-order valence-corrected chi connectivity index (χ2v) is 8.89. The Kier molecular flexibility index (Phi) is 31.0. The molecular formula is C28H56O4. The third kappa shape index (κ3) is 31.1. The molecule has 0 heterocycles. The first-order valence-electron chi connectivity index (χ1n) is 13.9. The number of esters is 2. The fraction of sp³-hybridized carbons (Fsp3) is 0.929. The maximum atomic E-state index is 11.0. The van der Waals surface area contributed by atoms with Crippen LogP contribution in [0.4, 0.5) is 0 Å². The van der Waals surface area contributed by atoms with Gasteiger partial charge in [-0.2, -0.15) is 0 Å². The summed E-state index contributed by atoms with van der Waals surface area (Å²) < 4.78 is 10.2. The van der Waals surface area contributed by atoms with Gasteiger partial charge in [0.05, 0.1) is 13.2 Å². The molecule has 0 saturated carbocycles. The van der Waals surface area contributed by atoms with E-state index < -0.39 is 0 Å². The smallest absolute Gasteiger partial charge is 0.305 e. The van der Waals surface area contributed by atoms with Crippen LogP contribution in [0.3, 0.4) is 0 Å². The molecular weight excluding hydrogens is 400 g/mol. The molecule has 0 saturated heterocycles. The minimum atomic E-state index is -0.0366. The van der Waals surface area contributed by atoms with Crippen molar-refractivity contribution in [2.24, 2.45) is 0 Å². The van der Waals surface area contributed by atoms with Crippen LogP contribution in [0, 0.1) is 0 Å².